The molecule has 28 heavy (non-hydrogen) atoms. The lowest BCUT2D eigenvalue weighted by atomic mass is 10.1. The first-order chi connectivity index (χ1) is 13.4. The van der Waals surface area contributed by atoms with Gasteiger partial charge in [0.1, 0.15) is 6.29 Å². The van der Waals surface area contributed by atoms with Gasteiger partial charge in [-0.15, -0.1) is 0 Å². The molecular formula is C20H26BrN3O4. The maximum Gasteiger partial charge on any atom is 0.407 e. The molecule has 0 heterocycles. The Morgan fingerprint density at radius 1 is 1.18 bits per heavy atom. The zero-order valence-electron chi connectivity index (χ0n) is 16.3. The normalized spacial score (nSPS) is 10.0. The van der Waals surface area contributed by atoms with Gasteiger partial charge in [-0.3, -0.25) is 9.69 Å². The summed E-state index contributed by atoms with van der Waals surface area (Å²) < 4.78 is 5.20. The third-order valence-electron chi connectivity index (χ3n) is 3.62. The molecule has 0 aromatic heterocycles. The molecule has 2 aromatic rings. The molecule has 0 radical (unpaired) electrons. The van der Waals surface area contributed by atoms with Crippen LogP contribution in [0.15, 0.2) is 40.9 Å². The van der Waals surface area contributed by atoms with Crippen LogP contribution in [0.1, 0.15) is 13.3 Å². The van der Waals surface area contributed by atoms with Crippen LogP contribution in [0.5, 0.6) is 0 Å². The Balaban J connectivity index is 0.000000416. The molecule has 152 valence electrons. The molecule has 0 atom stereocenters. The summed E-state index contributed by atoms with van der Waals surface area (Å²) in [6.45, 7) is 3.47. The Labute approximate surface area is 173 Å². The van der Waals surface area contributed by atoms with Gasteiger partial charge in [-0.05, 0) is 55.1 Å². The van der Waals surface area contributed by atoms with Crippen LogP contribution in [0.2, 0.25) is 0 Å². The van der Waals surface area contributed by atoms with Crippen molar-refractivity contribution in [1.82, 2.24) is 10.2 Å². The molecule has 8 heteroatoms. The van der Waals surface area contributed by atoms with Crippen molar-refractivity contribution < 1.29 is 19.1 Å². The number of amides is 2. The van der Waals surface area contributed by atoms with Gasteiger partial charge >= 0.3 is 6.09 Å². The predicted octanol–water partition coefficient (Wildman–Crippen LogP) is 3.42. The summed E-state index contributed by atoms with van der Waals surface area (Å²) >= 11 is 3.46. The van der Waals surface area contributed by atoms with E-state index >= 15 is 0 Å². The largest absolute Gasteiger partial charge is 0.453 e. The molecule has 0 saturated heterocycles. The number of likely N-dealkylation sites (N-methyl/N-ethyl adjacent to an activating group) is 1. The number of halogens is 1. The fourth-order valence-electron chi connectivity index (χ4n) is 2.40. The SMILES string of the molecule is CCCN(C)CC(=O)Nc1ccc2cc(Br)ccc2c1.COC(=O)NCC=O. The summed E-state index contributed by atoms with van der Waals surface area (Å²) in [5, 5.41) is 7.37. The monoisotopic (exact) mass is 451 g/mol. The topological polar surface area (TPSA) is 87.7 Å². The number of ether oxygens (including phenoxy) is 1. The molecule has 0 saturated carbocycles. The van der Waals surface area contributed by atoms with Gasteiger partial charge in [-0.1, -0.05) is 35.0 Å². The van der Waals surface area contributed by atoms with Crippen molar-refractivity contribution in [2.45, 2.75) is 13.3 Å². The van der Waals surface area contributed by atoms with Crippen LogP contribution in [0.25, 0.3) is 10.8 Å². The summed E-state index contributed by atoms with van der Waals surface area (Å²) in [4.78, 5) is 33.6. The van der Waals surface area contributed by atoms with Crippen LogP contribution in [-0.2, 0) is 14.3 Å². The minimum absolute atomic E-state index is 0.00662. The van der Waals surface area contributed by atoms with E-state index < -0.39 is 6.09 Å². The van der Waals surface area contributed by atoms with Gasteiger partial charge in [0.15, 0.2) is 0 Å². The van der Waals surface area contributed by atoms with Crippen LogP contribution < -0.4 is 10.6 Å². The molecule has 0 aliphatic carbocycles. The van der Waals surface area contributed by atoms with Crippen LogP contribution >= 0.6 is 15.9 Å². The molecule has 0 bridgehead atoms. The van der Waals surface area contributed by atoms with E-state index in [1.165, 1.54) is 7.11 Å². The number of hydrogen-bond acceptors (Lipinski definition) is 5. The number of methoxy groups -OCH3 is 1. The molecule has 2 N–H and O–H groups in total. The number of anilines is 1. The van der Waals surface area contributed by atoms with Gasteiger partial charge in [0, 0.05) is 10.2 Å². The minimum Gasteiger partial charge on any atom is -0.453 e. The highest BCUT2D eigenvalue weighted by Crippen LogP contribution is 2.22. The summed E-state index contributed by atoms with van der Waals surface area (Å²) in [6, 6.07) is 12.1. The van der Waals surface area contributed by atoms with Gasteiger partial charge in [-0.25, -0.2) is 4.79 Å². The number of benzene rings is 2. The molecule has 0 aliphatic heterocycles. The van der Waals surface area contributed by atoms with Crippen molar-refractivity contribution in [1.29, 1.82) is 0 Å². The van der Waals surface area contributed by atoms with Gasteiger partial charge in [0.05, 0.1) is 20.2 Å². The summed E-state index contributed by atoms with van der Waals surface area (Å²) in [5.41, 5.74) is 0.842. The molecule has 2 amide bonds. The second-order valence-electron chi connectivity index (χ2n) is 6.03. The van der Waals surface area contributed by atoms with Crippen molar-refractivity contribution in [2.75, 3.05) is 39.1 Å². The van der Waals surface area contributed by atoms with Crippen molar-refractivity contribution >= 4 is 50.7 Å². The molecular weight excluding hydrogens is 426 g/mol. The van der Waals surface area contributed by atoms with Crippen LogP contribution in [0.3, 0.4) is 0 Å². The molecule has 2 aromatic carbocycles. The van der Waals surface area contributed by atoms with E-state index in [1.807, 2.05) is 42.3 Å². The fourth-order valence-corrected chi connectivity index (χ4v) is 2.78. The molecule has 7 nitrogen and oxygen atoms in total. The Hall–Kier alpha value is -2.45. The van der Waals surface area contributed by atoms with E-state index in [-0.39, 0.29) is 12.5 Å². The van der Waals surface area contributed by atoms with E-state index in [0.717, 1.165) is 33.9 Å². The Morgan fingerprint density at radius 3 is 2.50 bits per heavy atom. The van der Waals surface area contributed by atoms with Crippen molar-refractivity contribution in [2.24, 2.45) is 0 Å². The first kappa shape index (κ1) is 23.6. The van der Waals surface area contributed by atoms with Gasteiger partial charge < -0.3 is 20.2 Å². The third-order valence-corrected chi connectivity index (χ3v) is 4.11. The Kier molecular flexibility index (Phi) is 10.8. The lowest BCUT2D eigenvalue weighted by Crippen LogP contribution is -2.30. The zero-order valence-corrected chi connectivity index (χ0v) is 17.9. The number of carbonyl (C=O) groups excluding carboxylic acids is 3. The first-order valence-corrected chi connectivity index (χ1v) is 9.62. The second-order valence-corrected chi connectivity index (χ2v) is 6.95. The van der Waals surface area contributed by atoms with E-state index in [9.17, 15) is 14.4 Å². The molecule has 0 aliphatic rings. The van der Waals surface area contributed by atoms with E-state index in [1.54, 1.807) is 0 Å². The fraction of sp³-hybridized carbons (Fsp3) is 0.350. The predicted molar refractivity (Wildman–Crippen MR) is 115 cm³/mol. The summed E-state index contributed by atoms with van der Waals surface area (Å²) in [6.07, 6.45) is 1.04. The van der Waals surface area contributed by atoms with Crippen LogP contribution in [0, 0.1) is 0 Å². The molecule has 2 rings (SSSR count). The lowest BCUT2D eigenvalue weighted by molar-refractivity contribution is -0.117. The number of fused-ring (bicyclic) bond motifs is 1. The first-order valence-electron chi connectivity index (χ1n) is 8.82. The van der Waals surface area contributed by atoms with Crippen molar-refractivity contribution in [3.63, 3.8) is 0 Å². The van der Waals surface area contributed by atoms with Crippen LogP contribution in [-0.4, -0.2) is 57.0 Å². The average molecular weight is 452 g/mol. The van der Waals surface area contributed by atoms with Crippen molar-refractivity contribution in [3.05, 3.63) is 40.9 Å². The van der Waals surface area contributed by atoms with E-state index in [0.29, 0.717) is 12.8 Å². The smallest absolute Gasteiger partial charge is 0.407 e. The highest BCUT2D eigenvalue weighted by molar-refractivity contribution is 9.10. The summed E-state index contributed by atoms with van der Waals surface area (Å²) in [5.74, 6) is 0.0254. The van der Waals surface area contributed by atoms with Crippen molar-refractivity contribution in [3.8, 4) is 0 Å². The molecule has 0 spiro atoms. The van der Waals surface area contributed by atoms with Gasteiger partial charge in [0.2, 0.25) is 5.91 Å². The second kappa shape index (κ2) is 12.9. The number of nitrogens with one attached hydrogen (secondary N) is 2. The maximum absolute atomic E-state index is 11.9. The number of alkyl carbamates (subject to hydrolysis) is 1. The Bertz CT molecular complexity index is 798. The van der Waals surface area contributed by atoms with E-state index in [4.69, 9.17) is 0 Å². The van der Waals surface area contributed by atoms with E-state index in [2.05, 4.69) is 44.3 Å². The maximum atomic E-state index is 11.9. The third kappa shape index (κ3) is 8.96. The lowest BCUT2D eigenvalue weighted by Gasteiger charge is -2.15. The molecule has 0 unspecified atom stereocenters. The number of nitrogens with zero attached hydrogens (tertiary/aromatic N) is 1. The highest BCUT2D eigenvalue weighted by atomic mass is 79.9. The average Bonchev–Trinajstić information content (AvgIpc) is 2.66. The standard InChI is InChI=1S/C16H19BrN2O.C4H7NO3/c1-3-8-19(2)11-16(20)18-15-7-5-12-9-14(17)6-4-13(12)10-15;1-8-4(7)5-2-3-6/h4-7,9-10H,3,8,11H2,1-2H3,(H,18,20);3H,2H2,1H3,(H,5,7). The van der Waals surface area contributed by atoms with Gasteiger partial charge in [0.25, 0.3) is 0 Å². The summed E-state index contributed by atoms with van der Waals surface area (Å²) in [7, 11) is 3.20. The number of rotatable bonds is 7. The van der Waals surface area contributed by atoms with Crippen LogP contribution in [0.4, 0.5) is 10.5 Å². The molecule has 0 fully saturated rings. The number of aldehydes is 1. The minimum atomic E-state index is -0.586. The Morgan fingerprint density at radius 2 is 1.86 bits per heavy atom. The highest BCUT2D eigenvalue weighted by Gasteiger charge is 2.06. The zero-order chi connectivity index (χ0) is 20.9. The number of carbonyl (C=O) groups is 3. The van der Waals surface area contributed by atoms with Gasteiger partial charge in [-0.2, -0.15) is 0 Å². The quantitative estimate of drug-likeness (QED) is 0.629. The number of hydrogen-bond donors (Lipinski definition) is 2.